The molecule has 1 aromatic heterocycles. The molecule has 5 nitrogen and oxygen atoms in total. The van der Waals surface area contributed by atoms with Crippen molar-refractivity contribution in [2.45, 2.75) is 33.4 Å². The summed E-state index contributed by atoms with van der Waals surface area (Å²) in [5, 5.41) is 4.38. The van der Waals surface area contributed by atoms with Crippen molar-refractivity contribution < 1.29 is 4.79 Å². The van der Waals surface area contributed by atoms with Gasteiger partial charge in [0.05, 0.1) is 10.2 Å². The Labute approximate surface area is 157 Å². The molecule has 2 aromatic rings. The number of carbonyl (C=O) groups is 1. The van der Waals surface area contributed by atoms with E-state index in [1.807, 2.05) is 22.7 Å². The van der Waals surface area contributed by atoms with Gasteiger partial charge in [0.15, 0.2) is 0 Å². The third kappa shape index (κ3) is 4.92. The maximum atomic E-state index is 12.4. The molecule has 25 heavy (non-hydrogen) atoms. The lowest BCUT2D eigenvalue weighted by Crippen LogP contribution is -2.48. The summed E-state index contributed by atoms with van der Waals surface area (Å²) in [6.07, 6.45) is 2.44. The van der Waals surface area contributed by atoms with E-state index in [1.54, 1.807) is 0 Å². The zero-order valence-electron chi connectivity index (χ0n) is 14.9. The topological polar surface area (TPSA) is 41.4 Å². The Bertz CT molecular complexity index is 715. The fourth-order valence-corrected chi connectivity index (χ4v) is 3.52. The molecule has 1 aliphatic rings. The molecule has 0 unspecified atom stereocenters. The van der Waals surface area contributed by atoms with E-state index < -0.39 is 0 Å². The molecule has 0 spiro atoms. The van der Waals surface area contributed by atoms with Crippen molar-refractivity contribution in [3.8, 4) is 0 Å². The Morgan fingerprint density at radius 3 is 2.60 bits per heavy atom. The minimum absolute atomic E-state index is 0.222. The van der Waals surface area contributed by atoms with Crippen molar-refractivity contribution in [3.05, 3.63) is 51.8 Å². The van der Waals surface area contributed by atoms with E-state index in [2.05, 4.69) is 57.1 Å². The average molecular weight is 405 g/mol. The summed E-state index contributed by atoms with van der Waals surface area (Å²) in [5.74, 6) is 0.222. The molecule has 6 heteroatoms. The number of amides is 1. The fourth-order valence-electron chi connectivity index (χ4n) is 3.20. The Kier molecular flexibility index (Phi) is 5.91. The number of nitrogens with zero attached hydrogens (tertiary/aromatic N) is 4. The van der Waals surface area contributed by atoms with Gasteiger partial charge in [-0.25, -0.2) is 0 Å². The van der Waals surface area contributed by atoms with Crippen LogP contribution in [-0.4, -0.2) is 51.7 Å². The van der Waals surface area contributed by atoms with Gasteiger partial charge in [-0.15, -0.1) is 0 Å². The van der Waals surface area contributed by atoms with E-state index in [0.29, 0.717) is 13.0 Å². The van der Waals surface area contributed by atoms with Crippen LogP contribution in [-0.2, 0) is 17.9 Å². The fraction of sp³-hybridized carbons (Fsp3) is 0.474. The minimum atomic E-state index is 0.222. The van der Waals surface area contributed by atoms with Crippen molar-refractivity contribution >= 4 is 21.8 Å². The van der Waals surface area contributed by atoms with E-state index in [4.69, 9.17) is 0 Å². The average Bonchev–Trinajstić information content (AvgIpc) is 2.91. The second-order valence-electron chi connectivity index (χ2n) is 6.72. The summed E-state index contributed by atoms with van der Waals surface area (Å²) in [7, 11) is 0. The normalized spacial score (nSPS) is 15.6. The number of aryl methyl sites for hydroxylation is 3. The number of halogens is 1. The molecule has 0 saturated carbocycles. The molecule has 1 aliphatic heterocycles. The Hall–Kier alpha value is -1.66. The highest BCUT2D eigenvalue weighted by Gasteiger charge is 2.21. The number of hydrogen-bond acceptors (Lipinski definition) is 3. The Balaban J connectivity index is 1.44. The highest BCUT2D eigenvalue weighted by Crippen LogP contribution is 2.14. The first-order valence-electron chi connectivity index (χ1n) is 8.76. The second-order valence-corrected chi connectivity index (χ2v) is 7.58. The Morgan fingerprint density at radius 1 is 1.20 bits per heavy atom. The Morgan fingerprint density at radius 2 is 1.96 bits per heavy atom. The summed E-state index contributed by atoms with van der Waals surface area (Å²) in [4.78, 5) is 16.8. The van der Waals surface area contributed by atoms with Gasteiger partial charge in [-0.1, -0.05) is 29.8 Å². The lowest BCUT2D eigenvalue weighted by Gasteiger charge is -2.34. The first-order chi connectivity index (χ1) is 12.0. The molecule has 0 N–H and O–H groups in total. The monoisotopic (exact) mass is 404 g/mol. The van der Waals surface area contributed by atoms with Crippen LogP contribution in [0.4, 0.5) is 0 Å². The van der Waals surface area contributed by atoms with Gasteiger partial charge < -0.3 is 4.90 Å². The molecule has 3 rings (SSSR count). The van der Waals surface area contributed by atoms with E-state index in [1.165, 1.54) is 11.1 Å². The second kappa shape index (κ2) is 8.15. The minimum Gasteiger partial charge on any atom is -0.340 e. The molecule has 134 valence electrons. The molecule has 0 radical (unpaired) electrons. The zero-order valence-corrected chi connectivity index (χ0v) is 16.5. The summed E-state index contributed by atoms with van der Waals surface area (Å²) in [6, 6.07) is 8.65. The summed E-state index contributed by atoms with van der Waals surface area (Å²) in [6.45, 7) is 9.17. The first kappa shape index (κ1) is 18.1. The lowest BCUT2D eigenvalue weighted by molar-refractivity contribution is -0.133. The van der Waals surface area contributed by atoms with Crippen LogP contribution in [0.15, 0.2) is 34.9 Å². The lowest BCUT2D eigenvalue weighted by atomic mass is 10.1. The summed E-state index contributed by atoms with van der Waals surface area (Å²) < 4.78 is 2.83. The van der Waals surface area contributed by atoms with Gasteiger partial charge in [0.2, 0.25) is 5.91 Å². The van der Waals surface area contributed by atoms with Gasteiger partial charge >= 0.3 is 0 Å². The van der Waals surface area contributed by atoms with Crippen molar-refractivity contribution in [2.24, 2.45) is 0 Å². The maximum Gasteiger partial charge on any atom is 0.224 e. The van der Waals surface area contributed by atoms with Gasteiger partial charge in [-0.3, -0.25) is 14.4 Å². The summed E-state index contributed by atoms with van der Waals surface area (Å²) >= 11 is 3.45. The highest BCUT2D eigenvalue weighted by atomic mass is 79.9. The summed E-state index contributed by atoms with van der Waals surface area (Å²) in [5.41, 5.74) is 3.60. The van der Waals surface area contributed by atoms with Crippen LogP contribution in [0.5, 0.6) is 0 Å². The van der Waals surface area contributed by atoms with E-state index in [9.17, 15) is 4.79 Å². The largest absolute Gasteiger partial charge is 0.340 e. The SMILES string of the molecule is Cc1cccc(CN2CCN(C(=O)CCn3cc(Br)c(C)n3)CC2)c1. The maximum absolute atomic E-state index is 12.4. The van der Waals surface area contributed by atoms with Gasteiger partial charge in [0.25, 0.3) is 0 Å². The molecule has 2 heterocycles. The number of carbonyl (C=O) groups excluding carboxylic acids is 1. The van der Waals surface area contributed by atoms with Crippen LogP contribution in [0.1, 0.15) is 23.2 Å². The van der Waals surface area contributed by atoms with Gasteiger partial charge in [0.1, 0.15) is 0 Å². The van der Waals surface area contributed by atoms with Crippen LogP contribution in [0.2, 0.25) is 0 Å². The standard InChI is InChI=1S/C19H25BrN4O/c1-15-4-3-5-17(12-15)13-22-8-10-23(11-9-22)19(25)6-7-24-14-18(20)16(2)21-24/h3-5,12,14H,6-11,13H2,1-2H3. The van der Waals surface area contributed by atoms with Crippen LogP contribution in [0, 0.1) is 13.8 Å². The van der Waals surface area contributed by atoms with Crippen LogP contribution in [0.25, 0.3) is 0 Å². The molecular weight excluding hydrogens is 380 g/mol. The van der Waals surface area contributed by atoms with Crippen molar-refractivity contribution in [1.82, 2.24) is 19.6 Å². The van der Waals surface area contributed by atoms with E-state index >= 15 is 0 Å². The van der Waals surface area contributed by atoms with Crippen LogP contribution >= 0.6 is 15.9 Å². The third-order valence-electron chi connectivity index (χ3n) is 4.65. The molecule has 1 saturated heterocycles. The van der Waals surface area contributed by atoms with E-state index in [0.717, 1.165) is 42.9 Å². The highest BCUT2D eigenvalue weighted by molar-refractivity contribution is 9.10. The van der Waals surface area contributed by atoms with Crippen LogP contribution < -0.4 is 0 Å². The van der Waals surface area contributed by atoms with E-state index in [-0.39, 0.29) is 5.91 Å². The molecule has 1 fully saturated rings. The van der Waals surface area contributed by atoms with Crippen molar-refractivity contribution in [2.75, 3.05) is 26.2 Å². The van der Waals surface area contributed by atoms with Crippen LogP contribution in [0.3, 0.4) is 0 Å². The quantitative estimate of drug-likeness (QED) is 0.768. The van der Waals surface area contributed by atoms with Gasteiger partial charge in [-0.2, -0.15) is 5.10 Å². The molecule has 0 aliphatic carbocycles. The molecule has 0 atom stereocenters. The first-order valence-corrected chi connectivity index (χ1v) is 9.56. The number of rotatable bonds is 5. The predicted octanol–water partition coefficient (Wildman–Crippen LogP) is 3.00. The number of piperazine rings is 1. The number of hydrogen-bond donors (Lipinski definition) is 0. The van der Waals surface area contributed by atoms with Crippen molar-refractivity contribution in [3.63, 3.8) is 0 Å². The number of benzene rings is 1. The van der Waals surface area contributed by atoms with Gasteiger partial charge in [-0.05, 0) is 35.3 Å². The van der Waals surface area contributed by atoms with Gasteiger partial charge in [0, 0.05) is 51.9 Å². The smallest absolute Gasteiger partial charge is 0.224 e. The molecule has 1 aromatic carbocycles. The predicted molar refractivity (Wildman–Crippen MR) is 102 cm³/mol. The number of aromatic nitrogens is 2. The molecule has 0 bridgehead atoms. The third-order valence-corrected chi connectivity index (χ3v) is 5.43. The molecular formula is C19H25BrN4O. The molecule has 1 amide bonds. The zero-order chi connectivity index (χ0) is 17.8. The van der Waals surface area contributed by atoms with Crippen molar-refractivity contribution in [1.29, 1.82) is 0 Å².